The van der Waals surface area contributed by atoms with Gasteiger partial charge in [-0.25, -0.2) is 8.42 Å². The number of methoxy groups -OCH3 is 2. The van der Waals surface area contributed by atoms with Crippen LogP contribution in [0.4, 0.5) is 0 Å². The average molecular weight is 291 g/mol. The molecule has 0 saturated carbocycles. The molecule has 1 rings (SSSR count). The Balaban J connectivity index is 3.06. The lowest BCUT2D eigenvalue weighted by molar-refractivity contribution is 0.354. The van der Waals surface area contributed by atoms with E-state index < -0.39 is 10.0 Å². The Labute approximate surface area is 110 Å². The van der Waals surface area contributed by atoms with E-state index >= 15 is 0 Å². The molecule has 0 aromatic heterocycles. The summed E-state index contributed by atoms with van der Waals surface area (Å²) in [5, 5.41) is -0.181. The number of nitrogens with one attached hydrogen (secondary N) is 2. The summed E-state index contributed by atoms with van der Waals surface area (Å²) < 4.78 is 33.7. The first-order valence-electron chi connectivity index (χ1n) is 4.70. The van der Waals surface area contributed by atoms with Gasteiger partial charge in [0.25, 0.3) is 10.0 Å². The fourth-order valence-corrected chi connectivity index (χ4v) is 2.15. The first kappa shape index (κ1) is 14.5. The number of hydrazine groups is 1. The van der Waals surface area contributed by atoms with E-state index in [1.54, 1.807) is 0 Å². The lowest BCUT2D eigenvalue weighted by Crippen LogP contribution is -2.44. The Morgan fingerprint density at radius 1 is 1.28 bits per heavy atom. The highest BCUT2D eigenvalue weighted by molar-refractivity contribution is 7.89. The maximum atomic E-state index is 11.8. The Kier molecular flexibility index (Phi) is 4.70. The molecule has 0 amide bonds. The highest BCUT2D eigenvalue weighted by Gasteiger charge is 2.16. The van der Waals surface area contributed by atoms with Crippen LogP contribution in [0.1, 0.15) is 0 Å². The van der Waals surface area contributed by atoms with Gasteiger partial charge in [0.15, 0.2) is 16.6 Å². The van der Waals surface area contributed by atoms with Gasteiger partial charge < -0.3 is 15.2 Å². The Morgan fingerprint density at radius 3 is 2.39 bits per heavy atom. The van der Waals surface area contributed by atoms with Crippen molar-refractivity contribution in [1.29, 1.82) is 0 Å². The molecule has 0 bridgehead atoms. The van der Waals surface area contributed by atoms with E-state index in [0.29, 0.717) is 11.5 Å². The zero-order valence-electron chi connectivity index (χ0n) is 9.76. The van der Waals surface area contributed by atoms with Crippen LogP contribution in [-0.2, 0) is 10.0 Å². The minimum absolute atomic E-state index is 0.0103. The molecule has 1 aromatic carbocycles. The van der Waals surface area contributed by atoms with Crippen LogP contribution in [0.5, 0.6) is 11.5 Å². The highest BCUT2D eigenvalue weighted by atomic mass is 32.2. The van der Waals surface area contributed by atoms with Gasteiger partial charge in [-0.05, 0) is 24.4 Å². The summed E-state index contributed by atoms with van der Waals surface area (Å²) in [6, 6.07) is 4.17. The van der Waals surface area contributed by atoms with Crippen molar-refractivity contribution in [3.05, 3.63) is 18.2 Å². The molecule has 4 N–H and O–H groups in total. The van der Waals surface area contributed by atoms with Crippen LogP contribution in [0, 0.1) is 0 Å². The summed E-state index contributed by atoms with van der Waals surface area (Å²) in [6.07, 6.45) is 0. The minimum Gasteiger partial charge on any atom is -0.493 e. The summed E-state index contributed by atoms with van der Waals surface area (Å²) in [5.41, 5.74) is 7.28. The Hall–Kier alpha value is -1.58. The van der Waals surface area contributed by atoms with Gasteiger partial charge in [-0.1, -0.05) is 0 Å². The average Bonchev–Trinajstić information content (AvgIpc) is 2.35. The number of sulfonamides is 1. The van der Waals surface area contributed by atoms with E-state index in [4.69, 9.17) is 15.2 Å². The van der Waals surface area contributed by atoms with Gasteiger partial charge in [-0.15, -0.1) is 4.83 Å². The third-order valence-corrected chi connectivity index (χ3v) is 3.32. The molecule has 18 heavy (non-hydrogen) atoms. The van der Waals surface area contributed by atoms with Gasteiger partial charge in [0.05, 0.1) is 19.1 Å². The first-order valence-corrected chi connectivity index (χ1v) is 6.59. The molecule has 9 heteroatoms. The molecule has 0 radical (unpaired) electrons. The lowest BCUT2D eigenvalue weighted by atomic mass is 10.3. The summed E-state index contributed by atoms with van der Waals surface area (Å²) in [5.74, 6) is 0.731. The van der Waals surface area contributed by atoms with Crippen molar-refractivity contribution in [2.75, 3.05) is 14.2 Å². The van der Waals surface area contributed by atoms with Crippen molar-refractivity contribution >= 4 is 27.4 Å². The number of rotatable bonds is 5. The number of hydrogen-bond donors (Lipinski definition) is 3. The molecular formula is C9H13N3O4S2. The standard InChI is InChI=1S/C9H13N3O4S2/c1-15-7-4-3-6(5-8(7)16-2)18(13,14)12-11-9(10)17/h3-5,12H,1-2H3,(H3,10,11,17). The molecule has 0 heterocycles. The second-order valence-corrected chi connectivity index (χ2v) is 5.23. The van der Waals surface area contributed by atoms with Crippen LogP contribution < -0.4 is 25.5 Å². The van der Waals surface area contributed by atoms with Crippen LogP contribution in [0.3, 0.4) is 0 Å². The van der Waals surface area contributed by atoms with Crippen molar-refractivity contribution in [2.45, 2.75) is 4.90 Å². The van der Waals surface area contributed by atoms with Crippen molar-refractivity contribution < 1.29 is 17.9 Å². The topological polar surface area (TPSA) is 103 Å². The smallest absolute Gasteiger partial charge is 0.257 e. The molecule has 7 nitrogen and oxygen atoms in total. The molecule has 0 aliphatic carbocycles. The maximum Gasteiger partial charge on any atom is 0.257 e. The predicted molar refractivity (Wildman–Crippen MR) is 69.8 cm³/mol. The monoisotopic (exact) mass is 291 g/mol. The molecule has 0 aliphatic heterocycles. The summed E-state index contributed by atoms with van der Waals surface area (Å²) in [6.45, 7) is 0. The molecule has 0 saturated heterocycles. The molecule has 0 spiro atoms. The first-order chi connectivity index (χ1) is 8.40. The third kappa shape index (κ3) is 3.45. The summed E-state index contributed by atoms with van der Waals surface area (Å²) >= 11 is 4.50. The van der Waals surface area contributed by atoms with Gasteiger partial charge in [0.2, 0.25) is 0 Å². The largest absolute Gasteiger partial charge is 0.493 e. The van der Waals surface area contributed by atoms with Gasteiger partial charge in [0.1, 0.15) is 0 Å². The van der Waals surface area contributed by atoms with E-state index in [0.717, 1.165) is 0 Å². The second-order valence-electron chi connectivity index (χ2n) is 3.11. The van der Waals surface area contributed by atoms with Crippen molar-refractivity contribution in [1.82, 2.24) is 10.3 Å². The van der Waals surface area contributed by atoms with E-state index in [9.17, 15) is 8.42 Å². The maximum absolute atomic E-state index is 11.8. The molecule has 0 fully saturated rings. The molecule has 0 unspecified atom stereocenters. The van der Waals surface area contributed by atoms with Crippen molar-refractivity contribution in [3.63, 3.8) is 0 Å². The van der Waals surface area contributed by atoms with Gasteiger partial charge in [-0.2, -0.15) is 0 Å². The van der Waals surface area contributed by atoms with Crippen LogP contribution >= 0.6 is 12.2 Å². The second kappa shape index (κ2) is 5.85. The van der Waals surface area contributed by atoms with Crippen molar-refractivity contribution in [2.24, 2.45) is 5.73 Å². The van der Waals surface area contributed by atoms with Gasteiger partial charge >= 0.3 is 0 Å². The molecule has 100 valence electrons. The van der Waals surface area contributed by atoms with Crippen LogP contribution in [0.2, 0.25) is 0 Å². The summed E-state index contributed by atoms with van der Waals surface area (Å²) in [4.78, 5) is 2.01. The third-order valence-electron chi connectivity index (χ3n) is 1.97. The fourth-order valence-electron chi connectivity index (χ4n) is 1.16. The SMILES string of the molecule is COc1ccc(S(=O)(=O)NNC(N)=S)cc1OC. The van der Waals surface area contributed by atoms with E-state index in [1.807, 2.05) is 4.83 Å². The van der Waals surface area contributed by atoms with Crippen LogP contribution in [0.15, 0.2) is 23.1 Å². The minimum atomic E-state index is -3.78. The highest BCUT2D eigenvalue weighted by Crippen LogP contribution is 2.29. The van der Waals surface area contributed by atoms with Gasteiger partial charge in [0, 0.05) is 6.07 Å². The Bertz CT molecular complexity index is 545. The zero-order valence-corrected chi connectivity index (χ0v) is 11.4. The van der Waals surface area contributed by atoms with E-state index in [1.165, 1.54) is 32.4 Å². The van der Waals surface area contributed by atoms with Crippen molar-refractivity contribution in [3.8, 4) is 11.5 Å². The van der Waals surface area contributed by atoms with Crippen LogP contribution in [0.25, 0.3) is 0 Å². The molecule has 1 aromatic rings. The predicted octanol–water partition coefficient (Wildman–Crippen LogP) is -0.270. The zero-order chi connectivity index (χ0) is 13.8. The normalized spacial score (nSPS) is 10.8. The number of hydrogen-bond acceptors (Lipinski definition) is 5. The number of ether oxygens (including phenoxy) is 2. The summed E-state index contributed by atoms with van der Waals surface area (Å²) in [7, 11) is -0.908. The lowest BCUT2D eigenvalue weighted by Gasteiger charge is -2.11. The Morgan fingerprint density at radius 2 is 1.89 bits per heavy atom. The quantitative estimate of drug-likeness (QED) is 0.507. The number of benzene rings is 1. The molecular weight excluding hydrogens is 278 g/mol. The molecule has 0 aliphatic rings. The fraction of sp³-hybridized carbons (Fsp3) is 0.222. The van der Waals surface area contributed by atoms with Crippen LogP contribution in [-0.4, -0.2) is 27.7 Å². The van der Waals surface area contributed by atoms with E-state index in [-0.39, 0.29) is 10.0 Å². The number of nitrogens with two attached hydrogens (primary N) is 1. The van der Waals surface area contributed by atoms with E-state index in [2.05, 4.69) is 17.6 Å². The molecule has 0 atom stereocenters. The van der Waals surface area contributed by atoms with Gasteiger partial charge in [-0.3, -0.25) is 5.43 Å². The number of thiocarbonyl (C=S) groups is 1.